The second-order valence-corrected chi connectivity index (χ2v) is 4.76. The second-order valence-electron chi connectivity index (χ2n) is 3.85. The smallest absolute Gasteiger partial charge is 0.323 e. The monoisotopic (exact) mass is 326 g/mol. The van der Waals surface area contributed by atoms with Crippen molar-refractivity contribution in [1.29, 1.82) is 0 Å². The van der Waals surface area contributed by atoms with Crippen LogP contribution in [0.2, 0.25) is 0 Å². The maximum absolute atomic E-state index is 11.8. The number of rotatable bonds is 6. The van der Waals surface area contributed by atoms with Crippen molar-refractivity contribution >= 4 is 27.9 Å². The molecule has 0 heterocycles. The highest BCUT2D eigenvalue weighted by Gasteiger charge is 2.14. The summed E-state index contributed by atoms with van der Waals surface area (Å²) in [5.41, 5.74) is 0.936. The molecule has 0 aliphatic rings. The maximum Gasteiger partial charge on any atom is 0.323 e. The highest BCUT2D eigenvalue weighted by Crippen LogP contribution is 2.10. The van der Waals surface area contributed by atoms with Gasteiger partial charge in [-0.2, -0.15) is 0 Å². The van der Waals surface area contributed by atoms with Gasteiger partial charge in [0.2, 0.25) is 0 Å². The van der Waals surface area contributed by atoms with Gasteiger partial charge in [0, 0.05) is 17.6 Å². The number of carbonyl (C=O) groups excluding carboxylic acids is 1. The number of amides is 2. The summed E-state index contributed by atoms with van der Waals surface area (Å²) in [4.78, 5) is 23.6. The van der Waals surface area contributed by atoms with E-state index in [1.165, 1.54) is 11.0 Å². The summed E-state index contributed by atoms with van der Waals surface area (Å²) >= 11 is 3.32. The Kier molecular flexibility index (Phi) is 6.08. The second kappa shape index (κ2) is 7.58. The van der Waals surface area contributed by atoms with E-state index in [1.54, 1.807) is 0 Å². The molecule has 0 unspecified atom stereocenters. The van der Waals surface area contributed by atoms with E-state index in [0.717, 1.165) is 10.0 Å². The Labute approximate surface area is 120 Å². The Morgan fingerprint density at radius 1 is 1.37 bits per heavy atom. The molecular formula is C13H15BrN2O3. The first-order valence-corrected chi connectivity index (χ1v) is 6.42. The van der Waals surface area contributed by atoms with Crippen LogP contribution < -0.4 is 5.32 Å². The van der Waals surface area contributed by atoms with Crippen LogP contribution in [-0.2, 0) is 11.3 Å². The molecule has 0 radical (unpaired) electrons. The molecule has 2 N–H and O–H groups in total. The molecule has 102 valence electrons. The van der Waals surface area contributed by atoms with E-state index in [4.69, 9.17) is 5.11 Å². The Balaban J connectivity index is 2.54. The van der Waals surface area contributed by atoms with Gasteiger partial charge in [-0.15, -0.1) is 6.58 Å². The number of carboxylic acid groups (broad SMARTS) is 1. The topological polar surface area (TPSA) is 69.6 Å². The lowest BCUT2D eigenvalue weighted by Gasteiger charge is -2.19. The van der Waals surface area contributed by atoms with Crippen molar-refractivity contribution in [3.05, 3.63) is 47.0 Å². The first-order valence-electron chi connectivity index (χ1n) is 5.63. The van der Waals surface area contributed by atoms with Crippen molar-refractivity contribution in [2.45, 2.75) is 6.54 Å². The van der Waals surface area contributed by atoms with Gasteiger partial charge < -0.3 is 15.3 Å². The van der Waals surface area contributed by atoms with Crippen molar-refractivity contribution in [3.63, 3.8) is 0 Å². The average Bonchev–Trinajstić information content (AvgIpc) is 2.37. The van der Waals surface area contributed by atoms with Crippen molar-refractivity contribution in [1.82, 2.24) is 10.2 Å². The molecule has 19 heavy (non-hydrogen) atoms. The summed E-state index contributed by atoms with van der Waals surface area (Å²) in [6, 6.07) is 7.07. The van der Waals surface area contributed by atoms with Gasteiger partial charge in [-0.1, -0.05) is 34.1 Å². The highest BCUT2D eigenvalue weighted by atomic mass is 79.9. The number of nitrogens with one attached hydrogen (secondary N) is 1. The van der Waals surface area contributed by atoms with Crippen LogP contribution >= 0.6 is 15.9 Å². The Hall–Kier alpha value is -1.82. The number of benzene rings is 1. The maximum atomic E-state index is 11.8. The molecule has 0 aromatic heterocycles. The molecule has 6 heteroatoms. The van der Waals surface area contributed by atoms with E-state index in [2.05, 4.69) is 27.8 Å². The molecule has 1 rings (SSSR count). The predicted molar refractivity (Wildman–Crippen MR) is 75.8 cm³/mol. The van der Waals surface area contributed by atoms with E-state index in [9.17, 15) is 9.59 Å². The normalized spacial score (nSPS) is 9.74. The van der Waals surface area contributed by atoms with E-state index in [0.29, 0.717) is 6.54 Å². The minimum atomic E-state index is -1.05. The van der Waals surface area contributed by atoms with Gasteiger partial charge in [0.25, 0.3) is 0 Å². The first-order chi connectivity index (χ1) is 9.02. The largest absolute Gasteiger partial charge is 0.480 e. The fourth-order valence-corrected chi connectivity index (χ4v) is 1.69. The molecule has 0 aliphatic carbocycles. The van der Waals surface area contributed by atoms with E-state index < -0.39 is 12.0 Å². The summed E-state index contributed by atoms with van der Waals surface area (Å²) in [5, 5.41) is 11.4. The van der Waals surface area contributed by atoms with Gasteiger partial charge >= 0.3 is 12.0 Å². The summed E-state index contributed by atoms with van der Waals surface area (Å²) in [5.74, 6) is -1.05. The summed E-state index contributed by atoms with van der Waals surface area (Å²) < 4.78 is 0.960. The molecule has 1 aromatic carbocycles. The molecule has 5 nitrogen and oxygen atoms in total. The number of hydrogen-bond donors (Lipinski definition) is 2. The van der Waals surface area contributed by atoms with Crippen molar-refractivity contribution in [2.24, 2.45) is 0 Å². The molecule has 0 saturated heterocycles. The van der Waals surface area contributed by atoms with E-state index in [-0.39, 0.29) is 13.1 Å². The fourth-order valence-electron chi connectivity index (χ4n) is 1.43. The zero-order valence-electron chi connectivity index (χ0n) is 10.3. The minimum absolute atomic E-state index is 0.193. The third-order valence-electron chi connectivity index (χ3n) is 2.32. The number of urea groups is 1. The quantitative estimate of drug-likeness (QED) is 0.787. The van der Waals surface area contributed by atoms with Crippen LogP contribution in [0.25, 0.3) is 0 Å². The first kappa shape index (κ1) is 15.2. The molecule has 0 bridgehead atoms. The summed E-state index contributed by atoms with van der Waals surface area (Å²) in [6.45, 7) is 3.69. The van der Waals surface area contributed by atoms with Gasteiger partial charge in [0.15, 0.2) is 0 Å². The Morgan fingerprint density at radius 2 is 2.00 bits per heavy atom. The predicted octanol–water partition coefficient (Wildman–Crippen LogP) is 2.23. The van der Waals surface area contributed by atoms with Crippen molar-refractivity contribution in [2.75, 3.05) is 13.1 Å². The fraction of sp³-hybridized carbons (Fsp3) is 0.231. The van der Waals surface area contributed by atoms with Crippen LogP contribution in [-0.4, -0.2) is 35.1 Å². The van der Waals surface area contributed by atoms with Crippen LogP contribution in [0.3, 0.4) is 0 Å². The van der Waals surface area contributed by atoms with Gasteiger partial charge in [0.05, 0.1) is 0 Å². The Morgan fingerprint density at radius 3 is 2.53 bits per heavy atom. The third kappa shape index (κ3) is 5.56. The molecule has 2 amide bonds. The molecule has 1 aromatic rings. The standard InChI is InChI=1S/C13H15BrN2O3/c1-2-7-16(9-12(17)18)13(19)15-8-10-3-5-11(14)6-4-10/h2-6H,1,7-9H2,(H,15,19)(H,17,18). The lowest BCUT2D eigenvalue weighted by Crippen LogP contribution is -2.42. The molecule has 0 fully saturated rings. The number of carbonyl (C=O) groups is 2. The molecule has 0 spiro atoms. The zero-order valence-corrected chi connectivity index (χ0v) is 11.9. The van der Waals surface area contributed by atoms with Crippen LogP contribution in [0, 0.1) is 0 Å². The number of nitrogens with zero attached hydrogens (tertiary/aromatic N) is 1. The summed E-state index contributed by atoms with van der Waals surface area (Å²) in [6.07, 6.45) is 1.49. The molecular weight excluding hydrogens is 312 g/mol. The van der Waals surface area contributed by atoms with E-state index >= 15 is 0 Å². The van der Waals surface area contributed by atoms with Crippen molar-refractivity contribution < 1.29 is 14.7 Å². The lowest BCUT2D eigenvalue weighted by molar-refractivity contribution is -0.137. The molecule has 0 atom stereocenters. The number of hydrogen-bond acceptors (Lipinski definition) is 2. The van der Waals surface area contributed by atoms with E-state index in [1.807, 2.05) is 24.3 Å². The zero-order chi connectivity index (χ0) is 14.3. The SMILES string of the molecule is C=CCN(CC(=O)O)C(=O)NCc1ccc(Br)cc1. The van der Waals surface area contributed by atoms with Crippen LogP contribution in [0.5, 0.6) is 0 Å². The summed E-state index contributed by atoms with van der Waals surface area (Å²) in [7, 11) is 0. The minimum Gasteiger partial charge on any atom is -0.480 e. The van der Waals surface area contributed by atoms with Gasteiger partial charge in [0.1, 0.15) is 6.54 Å². The number of carboxylic acids is 1. The van der Waals surface area contributed by atoms with Gasteiger partial charge in [-0.25, -0.2) is 4.79 Å². The van der Waals surface area contributed by atoms with Gasteiger partial charge in [-0.05, 0) is 17.7 Å². The molecule has 0 saturated carbocycles. The van der Waals surface area contributed by atoms with Crippen LogP contribution in [0.15, 0.2) is 41.4 Å². The average molecular weight is 327 g/mol. The van der Waals surface area contributed by atoms with Crippen LogP contribution in [0.1, 0.15) is 5.56 Å². The Bertz CT molecular complexity index is 459. The van der Waals surface area contributed by atoms with Crippen molar-refractivity contribution in [3.8, 4) is 0 Å². The van der Waals surface area contributed by atoms with Crippen LogP contribution in [0.4, 0.5) is 4.79 Å². The highest BCUT2D eigenvalue weighted by molar-refractivity contribution is 9.10. The number of halogens is 1. The lowest BCUT2D eigenvalue weighted by atomic mass is 10.2. The molecule has 0 aliphatic heterocycles. The number of aliphatic carboxylic acids is 1. The third-order valence-corrected chi connectivity index (χ3v) is 2.85. The van der Waals surface area contributed by atoms with Gasteiger partial charge in [-0.3, -0.25) is 4.79 Å².